The van der Waals surface area contributed by atoms with Crippen molar-refractivity contribution in [2.45, 2.75) is 26.8 Å². The molecule has 1 N–H and O–H groups in total. The first-order valence-electron chi connectivity index (χ1n) is 7.48. The molecule has 2 rings (SSSR count). The Hall–Kier alpha value is -1.75. The molecule has 1 aromatic rings. The van der Waals surface area contributed by atoms with Crippen LogP contribution in [0.3, 0.4) is 0 Å². The Kier molecular flexibility index (Phi) is 5.44. The minimum atomic E-state index is -0.358. The average molecular weight is 292 g/mol. The molecule has 0 saturated carbocycles. The molecule has 1 aliphatic rings. The fraction of sp³-hybridized carbons (Fsp3) is 0.562. The van der Waals surface area contributed by atoms with E-state index in [2.05, 4.69) is 28.4 Å². The lowest BCUT2D eigenvalue weighted by atomic mass is 10.1. The van der Waals surface area contributed by atoms with Gasteiger partial charge in [-0.3, -0.25) is 0 Å². The maximum absolute atomic E-state index is 11.7. The molecule has 0 spiro atoms. The van der Waals surface area contributed by atoms with Crippen LogP contribution in [0, 0.1) is 6.92 Å². The highest BCUT2D eigenvalue weighted by atomic mass is 16.5. The molecule has 0 amide bonds. The van der Waals surface area contributed by atoms with Gasteiger partial charge in [-0.1, -0.05) is 6.07 Å². The second-order valence-electron chi connectivity index (χ2n) is 5.22. The molecular formula is C16H24N2O3. The number of esters is 1. The lowest BCUT2D eigenvalue weighted by Crippen LogP contribution is -2.36. The van der Waals surface area contributed by atoms with Crippen molar-refractivity contribution in [2.24, 2.45) is 0 Å². The van der Waals surface area contributed by atoms with Gasteiger partial charge in [0.2, 0.25) is 0 Å². The van der Waals surface area contributed by atoms with E-state index in [0.29, 0.717) is 6.61 Å². The number of anilines is 2. The molecule has 0 aliphatic carbocycles. The number of hydrogen-bond donors (Lipinski definition) is 1. The average Bonchev–Trinajstić information content (AvgIpc) is 2.50. The van der Waals surface area contributed by atoms with Gasteiger partial charge in [-0.05, 0) is 38.5 Å². The predicted molar refractivity (Wildman–Crippen MR) is 83.9 cm³/mol. The van der Waals surface area contributed by atoms with Gasteiger partial charge in [0.05, 0.1) is 19.8 Å². The third-order valence-electron chi connectivity index (χ3n) is 3.61. The van der Waals surface area contributed by atoms with Gasteiger partial charge < -0.3 is 19.7 Å². The van der Waals surface area contributed by atoms with Crippen molar-refractivity contribution in [2.75, 3.05) is 43.1 Å². The molecule has 1 saturated heterocycles. The zero-order valence-corrected chi connectivity index (χ0v) is 13.0. The van der Waals surface area contributed by atoms with Crippen LogP contribution in [0.4, 0.5) is 11.4 Å². The van der Waals surface area contributed by atoms with Crippen LogP contribution in [0.2, 0.25) is 0 Å². The summed E-state index contributed by atoms with van der Waals surface area (Å²) in [6.45, 7) is 9.38. The molecule has 21 heavy (non-hydrogen) atoms. The molecule has 5 nitrogen and oxygen atoms in total. The van der Waals surface area contributed by atoms with Crippen LogP contribution in [-0.2, 0) is 14.3 Å². The number of hydrogen-bond acceptors (Lipinski definition) is 5. The predicted octanol–water partition coefficient (Wildman–Crippen LogP) is 2.20. The molecule has 1 aromatic carbocycles. The third-order valence-corrected chi connectivity index (χ3v) is 3.61. The van der Waals surface area contributed by atoms with Crippen LogP contribution in [0.25, 0.3) is 0 Å². The Bertz CT molecular complexity index is 484. The Morgan fingerprint density at radius 3 is 2.81 bits per heavy atom. The van der Waals surface area contributed by atoms with E-state index in [-0.39, 0.29) is 12.0 Å². The molecule has 5 heteroatoms. The van der Waals surface area contributed by atoms with Gasteiger partial charge in [-0.25, -0.2) is 4.79 Å². The second kappa shape index (κ2) is 7.31. The smallest absolute Gasteiger partial charge is 0.328 e. The normalized spacial score (nSPS) is 16.4. The van der Waals surface area contributed by atoms with Gasteiger partial charge in [-0.15, -0.1) is 0 Å². The summed E-state index contributed by atoms with van der Waals surface area (Å²) in [6.07, 6.45) is 0. The number of rotatable bonds is 5. The van der Waals surface area contributed by atoms with E-state index in [1.807, 2.05) is 20.8 Å². The van der Waals surface area contributed by atoms with Crippen LogP contribution >= 0.6 is 0 Å². The maximum atomic E-state index is 11.7. The van der Waals surface area contributed by atoms with Gasteiger partial charge in [0.15, 0.2) is 0 Å². The number of carbonyl (C=O) groups is 1. The molecule has 1 unspecified atom stereocenters. The molecule has 0 aromatic heterocycles. The van der Waals surface area contributed by atoms with Crippen molar-refractivity contribution < 1.29 is 14.3 Å². The van der Waals surface area contributed by atoms with Crippen molar-refractivity contribution in [1.29, 1.82) is 0 Å². The molecule has 0 radical (unpaired) electrons. The van der Waals surface area contributed by atoms with Gasteiger partial charge in [0.25, 0.3) is 0 Å². The Labute approximate surface area is 126 Å². The molecule has 1 heterocycles. The molecule has 1 fully saturated rings. The van der Waals surface area contributed by atoms with E-state index >= 15 is 0 Å². The summed E-state index contributed by atoms with van der Waals surface area (Å²) in [6, 6.07) is 5.92. The minimum absolute atomic E-state index is 0.228. The lowest BCUT2D eigenvalue weighted by Gasteiger charge is -2.29. The van der Waals surface area contributed by atoms with Crippen molar-refractivity contribution in [3.63, 3.8) is 0 Å². The number of ether oxygens (including phenoxy) is 2. The zero-order chi connectivity index (χ0) is 15.2. The number of nitrogens with one attached hydrogen (secondary N) is 1. The number of morpholine rings is 1. The molecule has 1 atom stereocenters. The highest BCUT2D eigenvalue weighted by molar-refractivity contribution is 5.79. The number of carbonyl (C=O) groups excluding carboxylic acids is 1. The molecule has 0 bridgehead atoms. The first-order valence-corrected chi connectivity index (χ1v) is 7.48. The highest BCUT2D eigenvalue weighted by Crippen LogP contribution is 2.24. The summed E-state index contributed by atoms with van der Waals surface area (Å²) in [5.74, 6) is -0.228. The third kappa shape index (κ3) is 4.11. The Morgan fingerprint density at radius 2 is 2.14 bits per heavy atom. The van der Waals surface area contributed by atoms with Crippen LogP contribution in [0.15, 0.2) is 18.2 Å². The lowest BCUT2D eigenvalue weighted by molar-refractivity contribution is -0.143. The largest absolute Gasteiger partial charge is 0.464 e. The maximum Gasteiger partial charge on any atom is 0.328 e. The number of aryl methyl sites for hydroxylation is 1. The van der Waals surface area contributed by atoms with E-state index < -0.39 is 0 Å². The summed E-state index contributed by atoms with van der Waals surface area (Å²) in [5.41, 5.74) is 3.24. The van der Waals surface area contributed by atoms with E-state index in [4.69, 9.17) is 9.47 Å². The molecule has 116 valence electrons. The highest BCUT2D eigenvalue weighted by Gasteiger charge is 2.16. The Morgan fingerprint density at radius 1 is 1.43 bits per heavy atom. The minimum Gasteiger partial charge on any atom is -0.464 e. The van der Waals surface area contributed by atoms with Crippen LogP contribution in [0.1, 0.15) is 19.4 Å². The summed E-state index contributed by atoms with van der Waals surface area (Å²) < 4.78 is 10.4. The fourth-order valence-electron chi connectivity index (χ4n) is 2.34. The van der Waals surface area contributed by atoms with Crippen LogP contribution < -0.4 is 10.2 Å². The van der Waals surface area contributed by atoms with Crippen molar-refractivity contribution in [3.8, 4) is 0 Å². The van der Waals surface area contributed by atoms with Gasteiger partial charge in [-0.2, -0.15) is 0 Å². The monoisotopic (exact) mass is 292 g/mol. The van der Waals surface area contributed by atoms with Crippen molar-refractivity contribution >= 4 is 17.3 Å². The molecule has 1 aliphatic heterocycles. The standard InChI is InChI=1S/C16H24N2O3/c1-4-21-16(19)13(3)17-15-11-14(6-5-12(15)2)18-7-9-20-10-8-18/h5-6,11,13,17H,4,7-10H2,1-3H3. The van der Waals surface area contributed by atoms with Crippen molar-refractivity contribution in [1.82, 2.24) is 0 Å². The summed E-state index contributed by atoms with van der Waals surface area (Å²) in [5, 5.41) is 3.24. The topological polar surface area (TPSA) is 50.8 Å². The van der Waals surface area contributed by atoms with E-state index in [9.17, 15) is 4.79 Å². The van der Waals surface area contributed by atoms with Gasteiger partial charge in [0, 0.05) is 24.5 Å². The first-order chi connectivity index (χ1) is 10.1. The van der Waals surface area contributed by atoms with Gasteiger partial charge >= 0.3 is 5.97 Å². The number of benzene rings is 1. The summed E-state index contributed by atoms with van der Waals surface area (Å²) in [4.78, 5) is 14.0. The van der Waals surface area contributed by atoms with Crippen molar-refractivity contribution in [3.05, 3.63) is 23.8 Å². The summed E-state index contributed by atoms with van der Waals surface area (Å²) in [7, 11) is 0. The van der Waals surface area contributed by atoms with E-state index in [1.54, 1.807) is 0 Å². The number of nitrogens with zero attached hydrogens (tertiary/aromatic N) is 1. The SMILES string of the molecule is CCOC(=O)C(C)Nc1cc(N2CCOCC2)ccc1C. The fourth-order valence-corrected chi connectivity index (χ4v) is 2.34. The van der Waals surface area contributed by atoms with Crippen LogP contribution in [0.5, 0.6) is 0 Å². The first kappa shape index (κ1) is 15.6. The molecular weight excluding hydrogens is 268 g/mol. The van der Waals surface area contributed by atoms with Gasteiger partial charge in [0.1, 0.15) is 6.04 Å². The van der Waals surface area contributed by atoms with E-state index in [0.717, 1.165) is 43.2 Å². The van der Waals surface area contributed by atoms with E-state index in [1.165, 1.54) is 0 Å². The quantitative estimate of drug-likeness (QED) is 0.843. The Balaban J connectivity index is 2.09. The summed E-state index contributed by atoms with van der Waals surface area (Å²) >= 11 is 0. The van der Waals surface area contributed by atoms with Crippen LogP contribution in [-0.4, -0.2) is 44.9 Å². The second-order valence-corrected chi connectivity index (χ2v) is 5.22. The zero-order valence-electron chi connectivity index (χ0n) is 13.0.